The van der Waals surface area contributed by atoms with Crippen LogP contribution in [0.15, 0.2) is 30.3 Å². The molecule has 2 amide bonds. The van der Waals surface area contributed by atoms with Crippen LogP contribution in [0.4, 0.5) is 10.5 Å². The van der Waals surface area contributed by atoms with E-state index in [0.717, 1.165) is 25.1 Å². The standard InChI is InChI=1S/C16H18N4O/c21-16(17-12-5-2-1-3-6-12)19-9-10-20-15(11-19)13-7-4-8-14(13)18-20/h1-3,5-6H,4,7-11H2,(H,17,21). The molecular weight excluding hydrogens is 264 g/mol. The van der Waals surface area contributed by atoms with Crippen LogP contribution >= 0.6 is 0 Å². The van der Waals surface area contributed by atoms with Crippen LogP contribution in [-0.4, -0.2) is 27.3 Å². The topological polar surface area (TPSA) is 50.2 Å². The van der Waals surface area contributed by atoms with Gasteiger partial charge in [0.15, 0.2) is 0 Å². The highest BCUT2D eigenvalue weighted by molar-refractivity contribution is 5.89. The highest BCUT2D eigenvalue weighted by Gasteiger charge is 2.28. The minimum absolute atomic E-state index is 0.0274. The SMILES string of the molecule is O=C(Nc1ccccc1)N1CCn2nc3c(c2C1)CCC3. The molecule has 0 unspecified atom stereocenters. The van der Waals surface area contributed by atoms with Crippen molar-refractivity contribution < 1.29 is 4.79 Å². The molecule has 1 aromatic heterocycles. The number of hydrogen-bond donors (Lipinski definition) is 1. The third kappa shape index (κ3) is 2.18. The molecule has 1 aliphatic heterocycles. The number of rotatable bonds is 1. The summed E-state index contributed by atoms with van der Waals surface area (Å²) in [7, 11) is 0. The van der Waals surface area contributed by atoms with E-state index in [1.807, 2.05) is 35.2 Å². The predicted octanol–water partition coefficient (Wildman–Crippen LogP) is 2.42. The lowest BCUT2D eigenvalue weighted by molar-refractivity contribution is 0.194. The second-order valence-electron chi connectivity index (χ2n) is 5.67. The van der Waals surface area contributed by atoms with Crippen LogP contribution in [0.1, 0.15) is 23.4 Å². The highest BCUT2D eigenvalue weighted by atomic mass is 16.2. The second-order valence-corrected chi connectivity index (χ2v) is 5.67. The van der Waals surface area contributed by atoms with Crippen LogP contribution in [0.2, 0.25) is 0 Å². The lowest BCUT2D eigenvalue weighted by atomic mass is 10.1. The molecule has 1 aromatic carbocycles. The zero-order valence-electron chi connectivity index (χ0n) is 11.9. The molecule has 21 heavy (non-hydrogen) atoms. The molecular formula is C16H18N4O. The summed E-state index contributed by atoms with van der Waals surface area (Å²) in [4.78, 5) is 14.3. The van der Waals surface area contributed by atoms with E-state index in [2.05, 4.69) is 15.1 Å². The van der Waals surface area contributed by atoms with E-state index < -0.39 is 0 Å². The summed E-state index contributed by atoms with van der Waals surface area (Å²) < 4.78 is 2.09. The summed E-state index contributed by atoms with van der Waals surface area (Å²) in [6.07, 6.45) is 3.39. The van der Waals surface area contributed by atoms with E-state index in [1.54, 1.807) is 0 Å². The van der Waals surface area contributed by atoms with E-state index in [1.165, 1.54) is 23.4 Å². The van der Waals surface area contributed by atoms with Crippen molar-refractivity contribution in [1.82, 2.24) is 14.7 Å². The van der Waals surface area contributed by atoms with Gasteiger partial charge in [0, 0.05) is 12.2 Å². The van der Waals surface area contributed by atoms with E-state index in [-0.39, 0.29) is 6.03 Å². The quantitative estimate of drug-likeness (QED) is 0.873. The molecule has 2 heterocycles. The first-order valence-corrected chi connectivity index (χ1v) is 7.49. The Morgan fingerprint density at radius 3 is 2.86 bits per heavy atom. The van der Waals surface area contributed by atoms with Gasteiger partial charge in [-0.3, -0.25) is 4.68 Å². The molecule has 1 N–H and O–H groups in total. The molecule has 0 fully saturated rings. The van der Waals surface area contributed by atoms with Crippen LogP contribution in [0.3, 0.4) is 0 Å². The first-order valence-electron chi connectivity index (χ1n) is 7.49. The number of hydrogen-bond acceptors (Lipinski definition) is 2. The molecule has 2 aromatic rings. The number of carbonyl (C=O) groups is 1. The minimum atomic E-state index is -0.0274. The maximum atomic E-state index is 12.4. The molecule has 5 nitrogen and oxygen atoms in total. The zero-order chi connectivity index (χ0) is 14.2. The maximum Gasteiger partial charge on any atom is 0.322 e. The number of nitrogens with zero attached hydrogens (tertiary/aromatic N) is 3. The molecule has 0 saturated heterocycles. The number of benzene rings is 1. The van der Waals surface area contributed by atoms with Gasteiger partial charge in [-0.1, -0.05) is 18.2 Å². The van der Waals surface area contributed by atoms with Gasteiger partial charge < -0.3 is 10.2 Å². The lowest BCUT2D eigenvalue weighted by Crippen LogP contribution is -2.41. The molecule has 0 saturated carbocycles. The fourth-order valence-corrected chi connectivity index (χ4v) is 3.25. The normalized spacial score (nSPS) is 16.5. The number of amides is 2. The fourth-order valence-electron chi connectivity index (χ4n) is 3.25. The third-order valence-corrected chi connectivity index (χ3v) is 4.32. The third-order valence-electron chi connectivity index (χ3n) is 4.32. The Balaban J connectivity index is 1.51. The Bertz CT molecular complexity index is 677. The number of aryl methyl sites for hydroxylation is 1. The van der Waals surface area contributed by atoms with E-state index >= 15 is 0 Å². The minimum Gasteiger partial charge on any atom is -0.317 e. The second kappa shape index (κ2) is 4.91. The fraction of sp³-hybridized carbons (Fsp3) is 0.375. The van der Waals surface area contributed by atoms with Gasteiger partial charge in [0.2, 0.25) is 0 Å². The summed E-state index contributed by atoms with van der Waals surface area (Å²) >= 11 is 0. The summed E-state index contributed by atoms with van der Waals surface area (Å²) in [5, 5.41) is 7.63. The van der Waals surface area contributed by atoms with Crippen molar-refractivity contribution >= 4 is 11.7 Å². The summed E-state index contributed by atoms with van der Waals surface area (Å²) in [5.41, 5.74) is 4.70. The average molecular weight is 282 g/mol. The molecule has 2 aliphatic rings. The van der Waals surface area contributed by atoms with Crippen molar-refractivity contribution in [3.05, 3.63) is 47.3 Å². The first-order chi connectivity index (χ1) is 10.3. The Hall–Kier alpha value is -2.30. The van der Waals surface area contributed by atoms with Gasteiger partial charge in [-0.15, -0.1) is 0 Å². The zero-order valence-corrected chi connectivity index (χ0v) is 11.9. The van der Waals surface area contributed by atoms with Crippen molar-refractivity contribution in [1.29, 1.82) is 0 Å². The largest absolute Gasteiger partial charge is 0.322 e. The van der Waals surface area contributed by atoms with Crippen molar-refractivity contribution in [2.75, 3.05) is 11.9 Å². The lowest BCUT2D eigenvalue weighted by Gasteiger charge is -2.28. The Kier molecular flexibility index (Phi) is 2.91. The number of nitrogens with one attached hydrogen (secondary N) is 1. The van der Waals surface area contributed by atoms with Gasteiger partial charge in [-0.25, -0.2) is 4.79 Å². The molecule has 4 rings (SSSR count). The number of para-hydroxylation sites is 1. The molecule has 0 bridgehead atoms. The highest BCUT2D eigenvalue weighted by Crippen LogP contribution is 2.27. The smallest absolute Gasteiger partial charge is 0.317 e. The monoisotopic (exact) mass is 282 g/mol. The Labute approximate surface area is 123 Å². The van der Waals surface area contributed by atoms with Gasteiger partial charge in [-0.2, -0.15) is 5.10 Å². The van der Waals surface area contributed by atoms with Crippen LogP contribution < -0.4 is 5.32 Å². The Morgan fingerprint density at radius 2 is 2.00 bits per heavy atom. The Morgan fingerprint density at radius 1 is 1.14 bits per heavy atom. The maximum absolute atomic E-state index is 12.4. The van der Waals surface area contributed by atoms with E-state index in [0.29, 0.717) is 13.1 Å². The number of urea groups is 1. The van der Waals surface area contributed by atoms with Gasteiger partial charge in [0.25, 0.3) is 0 Å². The van der Waals surface area contributed by atoms with Crippen molar-refractivity contribution in [3.63, 3.8) is 0 Å². The van der Waals surface area contributed by atoms with Gasteiger partial charge in [0.05, 0.1) is 24.5 Å². The van der Waals surface area contributed by atoms with Crippen LogP contribution in [0.25, 0.3) is 0 Å². The molecule has 1 aliphatic carbocycles. The number of fused-ring (bicyclic) bond motifs is 3. The van der Waals surface area contributed by atoms with Gasteiger partial charge >= 0.3 is 6.03 Å². The van der Waals surface area contributed by atoms with Crippen LogP contribution in [0, 0.1) is 0 Å². The first kappa shape index (κ1) is 12.4. The average Bonchev–Trinajstić information content (AvgIpc) is 3.08. The summed E-state index contributed by atoms with van der Waals surface area (Å²) in [6.45, 7) is 2.18. The predicted molar refractivity (Wildman–Crippen MR) is 80.1 cm³/mol. The van der Waals surface area contributed by atoms with Crippen molar-refractivity contribution in [2.45, 2.75) is 32.4 Å². The van der Waals surface area contributed by atoms with E-state index in [4.69, 9.17) is 0 Å². The molecule has 5 heteroatoms. The molecule has 0 radical (unpaired) electrons. The molecule has 0 atom stereocenters. The van der Waals surface area contributed by atoms with E-state index in [9.17, 15) is 4.79 Å². The van der Waals surface area contributed by atoms with Crippen LogP contribution in [-0.2, 0) is 25.9 Å². The summed E-state index contributed by atoms with van der Waals surface area (Å²) in [6, 6.07) is 9.58. The molecule has 108 valence electrons. The van der Waals surface area contributed by atoms with Gasteiger partial charge in [0.1, 0.15) is 0 Å². The number of carbonyl (C=O) groups excluding carboxylic acids is 1. The molecule has 0 spiro atoms. The van der Waals surface area contributed by atoms with Crippen molar-refractivity contribution in [3.8, 4) is 0 Å². The van der Waals surface area contributed by atoms with Crippen LogP contribution in [0.5, 0.6) is 0 Å². The van der Waals surface area contributed by atoms with Crippen molar-refractivity contribution in [2.24, 2.45) is 0 Å². The van der Waals surface area contributed by atoms with Gasteiger partial charge in [-0.05, 0) is 37.0 Å². The number of aromatic nitrogens is 2. The summed E-state index contributed by atoms with van der Waals surface area (Å²) in [5.74, 6) is 0. The number of anilines is 1.